The van der Waals surface area contributed by atoms with Gasteiger partial charge in [-0.2, -0.15) is 4.31 Å². The highest BCUT2D eigenvalue weighted by atomic mass is 35.5. The van der Waals surface area contributed by atoms with Gasteiger partial charge in [-0.25, -0.2) is 8.42 Å². The van der Waals surface area contributed by atoms with Gasteiger partial charge in [0.1, 0.15) is 10.6 Å². The number of ether oxygens (including phenoxy) is 1. The first-order chi connectivity index (χ1) is 10.9. The normalized spacial score (nSPS) is 16.4. The van der Waals surface area contributed by atoms with Crippen molar-refractivity contribution in [2.45, 2.75) is 4.90 Å². The Labute approximate surface area is 141 Å². The van der Waals surface area contributed by atoms with Crippen LogP contribution in [0.4, 0.5) is 0 Å². The largest absolute Gasteiger partial charge is 0.495 e. The number of halogens is 1. The molecule has 1 aliphatic rings. The molecule has 23 heavy (non-hydrogen) atoms. The molecule has 1 aromatic carbocycles. The van der Waals surface area contributed by atoms with Gasteiger partial charge in [-0.15, -0.1) is 0 Å². The van der Waals surface area contributed by atoms with Crippen LogP contribution < -0.4 is 10.1 Å². The summed E-state index contributed by atoms with van der Waals surface area (Å²) < 4.78 is 32.1. The molecular formula is C14H20ClN3O4S. The number of hydrogen-bond donors (Lipinski definition) is 1. The van der Waals surface area contributed by atoms with E-state index in [1.807, 2.05) is 0 Å². The number of rotatable bonds is 5. The van der Waals surface area contributed by atoms with Gasteiger partial charge in [0.2, 0.25) is 15.9 Å². The first-order valence-electron chi connectivity index (χ1n) is 7.16. The molecule has 0 spiro atoms. The second-order valence-electron chi connectivity index (χ2n) is 5.11. The third-order valence-corrected chi connectivity index (χ3v) is 5.82. The van der Waals surface area contributed by atoms with Gasteiger partial charge in [-0.1, -0.05) is 11.6 Å². The van der Waals surface area contributed by atoms with Crippen molar-refractivity contribution in [2.24, 2.45) is 0 Å². The van der Waals surface area contributed by atoms with Crippen LogP contribution in [0.2, 0.25) is 5.02 Å². The molecule has 1 fully saturated rings. The molecule has 1 N–H and O–H groups in total. The number of amides is 1. The van der Waals surface area contributed by atoms with Crippen LogP contribution in [-0.2, 0) is 14.8 Å². The molecule has 0 radical (unpaired) electrons. The predicted octanol–water partition coefficient (Wildman–Crippen LogP) is 0.401. The van der Waals surface area contributed by atoms with Gasteiger partial charge in [-0.3, -0.25) is 4.79 Å². The van der Waals surface area contributed by atoms with Gasteiger partial charge >= 0.3 is 0 Å². The van der Waals surface area contributed by atoms with Crippen molar-refractivity contribution >= 4 is 27.5 Å². The van der Waals surface area contributed by atoms with Crippen molar-refractivity contribution < 1.29 is 17.9 Å². The second-order valence-corrected chi connectivity index (χ2v) is 7.45. The topological polar surface area (TPSA) is 79.0 Å². The van der Waals surface area contributed by atoms with Gasteiger partial charge < -0.3 is 15.0 Å². The molecule has 1 aromatic rings. The van der Waals surface area contributed by atoms with Gasteiger partial charge in [-0.05, 0) is 25.2 Å². The molecule has 9 heteroatoms. The molecule has 128 valence electrons. The van der Waals surface area contributed by atoms with E-state index in [2.05, 4.69) is 5.32 Å². The van der Waals surface area contributed by atoms with Gasteiger partial charge in [0.15, 0.2) is 0 Å². The number of nitrogens with one attached hydrogen (secondary N) is 1. The van der Waals surface area contributed by atoms with Crippen LogP contribution in [0, 0.1) is 0 Å². The van der Waals surface area contributed by atoms with Crippen LogP contribution in [0.5, 0.6) is 5.75 Å². The molecule has 1 heterocycles. The Morgan fingerprint density at radius 2 is 1.96 bits per heavy atom. The molecule has 0 atom stereocenters. The molecule has 0 saturated carbocycles. The van der Waals surface area contributed by atoms with E-state index in [0.29, 0.717) is 18.1 Å². The maximum atomic E-state index is 12.8. The van der Waals surface area contributed by atoms with E-state index < -0.39 is 10.0 Å². The fraction of sp³-hybridized carbons (Fsp3) is 0.500. The van der Waals surface area contributed by atoms with Crippen LogP contribution in [-0.4, -0.2) is 70.4 Å². The zero-order valence-electron chi connectivity index (χ0n) is 13.1. The third kappa shape index (κ3) is 3.95. The van der Waals surface area contributed by atoms with Crippen molar-refractivity contribution in [3.05, 3.63) is 23.2 Å². The van der Waals surface area contributed by atoms with Crippen molar-refractivity contribution in [2.75, 3.05) is 46.9 Å². The van der Waals surface area contributed by atoms with Crippen molar-refractivity contribution in [3.8, 4) is 5.75 Å². The predicted molar refractivity (Wildman–Crippen MR) is 87.3 cm³/mol. The van der Waals surface area contributed by atoms with Crippen LogP contribution in [0.1, 0.15) is 0 Å². The number of benzene rings is 1. The van der Waals surface area contributed by atoms with Gasteiger partial charge in [0, 0.05) is 31.2 Å². The van der Waals surface area contributed by atoms with E-state index in [9.17, 15) is 13.2 Å². The van der Waals surface area contributed by atoms with E-state index in [1.165, 1.54) is 23.5 Å². The number of likely N-dealkylation sites (N-methyl/N-ethyl adjacent to an activating group) is 1. The maximum Gasteiger partial charge on any atom is 0.246 e. The second kappa shape index (κ2) is 7.48. The number of carbonyl (C=O) groups excluding carboxylic acids is 1. The molecule has 1 saturated heterocycles. The summed E-state index contributed by atoms with van der Waals surface area (Å²) in [6, 6.07) is 4.49. The van der Waals surface area contributed by atoms with Gasteiger partial charge in [0.05, 0.1) is 13.7 Å². The number of hydrogen-bond acceptors (Lipinski definition) is 5. The Bertz CT molecular complexity index is 673. The standard InChI is InChI=1S/C14H20ClN3O4S/c1-16-10-14(19)17-5-7-18(8-6-17)23(20,21)13-9-11(15)3-4-12(13)22-2/h3-4,9,16H,5-8,10H2,1-2H3. The lowest BCUT2D eigenvalue weighted by Gasteiger charge is -2.34. The fourth-order valence-corrected chi connectivity index (χ4v) is 4.27. The molecule has 0 unspecified atom stereocenters. The summed E-state index contributed by atoms with van der Waals surface area (Å²) in [6.45, 7) is 1.46. The smallest absolute Gasteiger partial charge is 0.246 e. The highest BCUT2D eigenvalue weighted by molar-refractivity contribution is 7.89. The number of carbonyl (C=O) groups is 1. The Balaban J connectivity index is 2.16. The van der Waals surface area contributed by atoms with E-state index in [4.69, 9.17) is 16.3 Å². The Morgan fingerprint density at radius 1 is 1.30 bits per heavy atom. The van der Waals surface area contributed by atoms with Crippen molar-refractivity contribution in [1.82, 2.24) is 14.5 Å². The number of piperazine rings is 1. The summed E-state index contributed by atoms with van der Waals surface area (Å²) >= 11 is 5.92. The highest BCUT2D eigenvalue weighted by Gasteiger charge is 2.32. The van der Waals surface area contributed by atoms with Crippen LogP contribution in [0.15, 0.2) is 23.1 Å². The van der Waals surface area contributed by atoms with Gasteiger partial charge in [0.25, 0.3) is 0 Å². The van der Waals surface area contributed by atoms with Crippen molar-refractivity contribution in [1.29, 1.82) is 0 Å². The third-order valence-electron chi connectivity index (χ3n) is 3.66. The highest BCUT2D eigenvalue weighted by Crippen LogP contribution is 2.30. The monoisotopic (exact) mass is 361 g/mol. The first-order valence-corrected chi connectivity index (χ1v) is 8.98. The molecule has 1 aliphatic heterocycles. The van der Waals surface area contributed by atoms with E-state index in [0.717, 1.165) is 0 Å². The lowest BCUT2D eigenvalue weighted by Crippen LogP contribution is -2.52. The zero-order valence-corrected chi connectivity index (χ0v) is 14.7. The number of nitrogens with zero attached hydrogens (tertiary/aromatic N) is 2. The molecule has 1 amide bonds. The summed E-state index contributed by atoms with van der Waals surface area (Å²) in [5.41, 5.74) is 0. The molecule has 2 rings (SSSR count). The number of methoxy groups -OCH3 is 1. The Morgan fingerprint density at radius 3 is 2.52 bits per heavy atom. The Kier molecular flexibility index (Phi) is 5.85. The van der Waals surface area contributed by atoms with Crippen LogP contribution >= 0.6 is 11.6 Å². The minimum absolute atomic E-state index is 0.0371. The van der Waals surface area contributed by atoms with Crippen molar-refractivity contribution in [3.63, 3.8) is 0 Å². The average molecular weight is 362 g/mol. The van der Waals surface area contributed by atoms with Crippen LogP contribution in [0.25, 0.3) is 0 Å². The summed E-state index contributed by atoms with van der Waals surface area (Å²) in [4.78, 5) is 13.5. The Hall–Kier alpha value is -1.35. The molecular weight excluding hydrogens is 342 g/mol. The summed E-state index contributed by atoms with van der Waals surface area (Å²) in [6.07, 6.45) is 0. The summed E-state index contributed by atoms with van der Waals surface area (Å²) in [5.74, 6) is 0.216. The molecule has 0 bridgehead atoms. The number of sulfonamides is 1. The minimum atomic E-state index is -3.72. The van der Waals surface area contributed by atoms with E-state index >= 15 is 0 Å². The van der Waals surface area contributed by atoms with E-state index in [1.54, 1.807) is 18.0 Å². The lowest BCUT2D eigenvalue weighted by molar-refractivity contribution is -0.131. The summed E-state index contributed by atoms with van der Waals surface area (Å²) in [5, 5.41) is 3.13. The zero-order chi connectivity index (χ0) is 17.0. The molecule has 0 aliphatic carbocycles. The fourth-order valence-electron chi connectivity index (χ4n) is 2.43. The maximum absolute atomic E-state index is 12.8. The first kappa shape index (κ1) is 18.0. The average Bonchev–Trinajstić information content (AvgIpc) is 2.55. The quantitative estimate of drug-likeness (QED) is 0.821. The molecule has 7 nitrogen and oxygen atoms in total. The molecule has 0 aromatic heterocycles. The summed E-state index contributed by atoms with van der Waals surface area (Å²) in [7, 11) is -0.607. The van der Waals surface area contributed by atoms with Crippen LogP contribution in [0.3, 0.4) is 0 Å². The minimum Gasteiger partial charge on any atom is -0.495 e. The van der Waals surface area contributed by atoms with E-state index in [-0.39, 0.29) is 36.2 Å². The SMILES string of the molecule is CNCC(=O)N1CCN(S(=O)(=O)c2cc(Cl)ccc2OC)CC1. The lowest BCUT2D eigenvalue weighted by atomic mass is 10.3.